The largest absolute Gasteiger partial charge is 0.496 e. The molecular formula is C17H17FN4O3. The second-order valence-electron chi connectivity index (χ2n) is 5.89. The predicted octanol–water partition coefficient (Wildman–Crippen LogP) is 1.84. The van der Waals surface area contributed by atoms with Crippen LogP contribution in [0.3, 0.4) is 0 Å². The van der Waals surface area contributed by atoms with E-state index in [2.05, 4.69) is 15.6 Å². The van der Waals surface area contributed by atoms with Crippen LogP contribution in [0.15, 0.2) is 22.7 Å². The topological polar surface area (TPSA) is 100 Å². The maximum absolute atomic E-state index is 13.7. The van der Waals surface area contributed by atoms with Crippen molar-refractivity contribution in [1.82, 2.24) is 15.6 Å². The molecule has 0 radical (unpaired) electrons. The van der Waals surface area contributed by atoms with Gasteiger partial charge in [0.05, 0.1) is 24.4 Å². The van der Waals surface area contributed by atoms with E-state index in [1.54, 1.807) is 6.07 Å². The molecule has 1 aliphatic heterocycles. The Kier molecular flexibility index (Phi) is 4.67. The summed E-state index contributed by atoms with van der Waals surface area (Å²) in [5.41, 5.74) is 0.201. The van der Waals surface area contributed by atoms with E-state index in [0.717, 1.165) is 12.5 Å². The Morgan fingerprint density at radius 2 is 2.36 bits per heavy atom. The SMILES string of the molecule is COc1cc(F)c(C#N)cc1-c1cnc(C(=O)N[C@H]2CN[C@H](C)C2)o1. The molecule has 0 saturated carbocycles. The average molecular weight is 344 g/mol. The molecule has 7 nitrogen and oxygen atoms in total. The van der Waals surface area contributed by atoms with Crippen molar-refractivity contribution in [1.29, 1.82) is 5.26 Å². The first-order valence-corrected chi connectivity index (χ1v) is 7.80. The summed E-state index contributed by atoms with van der Waals surface area (Å²) in [6.45, 7) is 2.74. The number of nitrogens with one attached hydrogen (secondary N) is 2. The number of aromatic nitrogens is 1. The maximum atomic E-state index is 13.7. The zero-order valence-corrected chi connectivity index (χ0v) is 13.8. The van der Waals surface area contributed by atoms with Gasteiger partial charge in [0.15, 0.2) is 5.76 Å². The van der Waals surface area contributed by atoms with Gasteiger partial charge in [0.2, 0.25) is 0 Å². The molecule has 25 heavy (non-hydrogen) atoms. The number of ether oxygens (including phenoxy) is 1. The summed E-state index contributed by atoms with van der Waals surface area (Å²) in [4.78, 5) is 16.2. The third-order valence-corrected chi connectivity index (χ3v) is 4.06. The Labute approximate surface area is 143 Å². The van der Waals surface area contributed by atoms with E-state index in [1.165, 1.54) is 19.4 Å². The van der Waals surface area contributed by atoms with Crippen LogP contribution in [-0.2, 0) is 0 Å². The van der Waals surface area contributed by atoms with Crippen molar-refractivity contribution < 1.29 is 18.3 Å². The fourth-order valence-electron chi connectivity index (χ4n) is 2.80. The number of benzene rings is 1. The lowest BCUT2D eigenvalue weighted by Gasteiger charge is -2.09. The molecule has 1 amide bonds. The zero-order valence-electron chi connectivity index (χ0n) is 13.8. The highest BCUT2D eigenvalue weighted by atomic mass is 19.1. The lowest BCUT2D eigenvalue weighted by molar-refractivity contribution is 0.0905. The number of hydrogen-bond acceptors (Lipinski definition) is 6. The number of rotatable bonds is 4. The summed E-state index contributed by atoms with van der Waals surface area (Å²) in [5.74, 6) is -0.804. The van der Waals surface area contributed by atoms with Crippen LogP contribution < -0.4 is 15.4 Å². The van der Waals surface area contributed by atoms with Gasteiger partial charge in [-0.1, -0.05) is 0 Å². The Bertz CT molecular complexity index is 843. The first-order valence-electron chi connectivity index (χ1n) is 7.80. The summed E-state index contributed by atoms with van der Waals surface area (Å²) in [6.07, 6.45) is 2.18. The third kappa shape index (κ3) is 3.46. The molecule has 130 valence electrons. The van der Waals surface area contributed by atoms with Gasteiger partial charge in [-0.2, -0.15) is 5.26 Å². The summed E-state index contributed by atoms with van der Waals surface area (Å²) in [7, 11) is 1.38. The summed E-state index contributed by atoms with van der Waals surface area (Å²) in [6, 6.07) is 4.53. The molecule has 0 aliphatic carbocycles. The quantitative estimate of drug-likeness (QED) is 0.878. The molecule has 1 fully saturated rings. The van der Waals surface area contributed by atoms with Crippen LogP contribution in [0.2, 0.25) is 0 Å². The van der Waals surface area contributed by atoms with E-state index >= 15 is 0 Å². The summed E-state index contributed by atoms with van der Waals surface area (Å²) >= 11 is 0. The molecule has 1 aliphatic rings. The van der Waals surface area contributed by atoms with Gasteiger partial charge >= 0.3 is 5.91 Å². The molecule has 2 N–H and O–H groups in total. The van der Waals surface area contributed by atoms with Gasteiger partial charge in [-0.25, -0.2) is 9.37 Å². The molecule has 0 spiro atoms. The van der Waals surface area contributed by atoms with E-state index in [1.807, 2.05) is 6.92 Å². The molecule has 0 bridgehead atoms. The molecule has 1 saturated heterocycles. The molecule has 8 heteroatoms. The van der Waals surface area contributed by atoms with Crippen molar-refractivity contribution in [3.05, 3.63) is 35.6 Å². The van der Waals surface area contributed by atoms with E-state index in [0.29, 0.717) is 18.2 Å². The third-order valence-electron chi connectivity index (χ3n) is 4.06. The minimum atomic E-state index is -0.691. The van der Waals surface area contributed by atoms with E-state index < -0.39 is 11.7 Å². The van der Waals surface area contributed by atoms with Crippen LogP contribution in [-0.4, -0.2) is 36.6 Å². The predicted molar refractivity (Wildman–Crippen MR) is 86.5 cm³/mol. The Morgan fingerprint density at radius 3 is 3.00 bits per heavy atom. The van der Waals surface area contributed by atoms with Gasteiger partial charge in [0.1, 0.15) is 17.6 Å². The minimum absolute atomic E-state index is 0.0170. The van der Waals surface area contributed by atoms with Gasteiger partial charge in [0.25, 0.3) is 5.89 Å². The van der Waals surface area contributed by atoms with Gasteiger partial charge in [0, 0.05) is 24.7 Å². The number of methoxy groups -OCH3 is 1. The number of amides is 1. The number of nitriles is 1. The lowest BCUT2D eigenvalue weighted by atomic mass is 10.1. The van der Waals surface area contributed by atoms with Crippen LogP contribution in [0.5, 0.6) is 5.75 Å². The molecule has 3 rings (SSSR count). The number of hydrogen-bond donors (Lipinski definition) is 2. The highest BCUT2D eigenvalue weighted by Crippen LogP contribution is 2.32. The van der Waals surface area contributed by atoms with Crippen LogP contribution >= 0.6 is 0 Å². The highest BCUT2D eigenvalue weighted by Gasteiger charge is 2.25. The van der Waals surface area contributed by atoms with Crippen molar-refractivity contribution >= 4 is 5.91 Å². The Morgan fingerprint density at radius 1 is 1.56 bits per heavy atom. The Hall–Kier alpha value is -2.92. The number of carbonyl (C=O) groups excluding carboxylic acids is 1. The number of carbonyl (C=O) groups is 1. The first kappa shape index (κ1) is 16.9. The fourth-order valence-corrected chi connectivity index (χ4v) is 2.80. The molecule has 2 aromatic rings. The monoisotopic (exact) mass is 344 g/mol. The van der Waals surface area contributed by atoms with Crippen molar-refractivity contribution in [2.24, 2.45) is 0 Å². The average Bonchev–Trinajstić information content (AvgIpc) is 3.23. The Balaban J connectivity index is 1.84. The van der Waals surface area contributed by atoms with Crippen LogP contribution in [0, 0.1) is 17.1 Å². The van der Waals surface area contributed by atoms with Crippen molar-refractivity contribution in [2.75, 3.05) is 13.7 Å². The van der Waals surface area contributed by atoms with Crippen molar-refractivity contribution in [3.63, 3.8) is 0 Å². The van der Waals surface area contributed by atoms with Gasteiger partial charge in [-0.3, -0.25) is 4.79 Å². The smallest absolute Gasteiger partial charge is 0.307 e. The number of nitrogens with zero attached hydrogens (tertiary/aromatic N) is 2. The fraction of sp³-hybridized carbons (Fsp3) is 0.353. The van der Waals surface area contributed by atoms with E-state index in [4.69, 9.17) is 14.4 Å². The summed E-state index contributed by atoms with van der Waals surface area (Å²) < 4.78 is 24.3. The van der Waals surface area contributed by atoms with Gasteiger partial charge < -0.3 is 19.8 Å². The molecular weight excluding hydrogens is 327 g/mol. The van der Waals surface area contributed by atoms with Crippen LogP contribution in [0.4, 0.5) is 4.39 Å². The standard InChI is InChI=1S/C17H17FN4O3/c1-9-3-11(7-20-9)22-16(23)17-21-8-15(25-17)12-4-10(6-19)13(18)5-14(12)24-2/h4-5,8-9,11,20H,3,7H2,1-2H3,(H,22,23)/t9-,11-/m1/s1. The molecule has 2 heterocycles. The van der Waals surface area contributed by atoms with Crippen LogP contribution in [0.1, 0.15) is 29.6 Å². The molecule has 1 aromatic carbocycles. The zero-order chi connectivity index (χ0) is 18.0. The summed E-state index contributed by atoms with van der Waals surface area (Å²) in [5, 5.41) is 15.1. The lowest BCUT2D eigenvalue weighted by Crippen LogP contribution is -2.36. The maximum Gasteiger partial charge on any atom is 0.307 e. The van der Waals surface area contributed by atoms with Gasteiger partial charge in [-0.05, 0) is 19.4 Å². The molecule has 2 atom stereocenters. The van der Waals surface area contributed by atoms with Crippen molar-refractivity contribution in [3.8, 4) is 23.1 Å². The van der Waals surface area contributed by atoms with E-state index in [9.17, 15) is 9.18 Å². The number of oxazole rings is 1. The van der Waals surface area contributed by atoms with Gasteiger partial charge in [-0.15, -0.1) is 0 Å². The second-order valence-corrected chi connectivity index (χ2v) is 5.89. The molecule has 0 unspecified atom stereocenters. The second kappa shape index (κ2) is 6.91. The van der Waals surface area contributed by atoms with Crippen molar-refractivity contribution in [2.45, 2.75) is 25.4 Å². The highest BCUT2D eigenvalue weighted by molar-refractivity contribution is 5.90. The number of halogens is 1. The first-order chi connectivity index (χ1) is 12.0. The molecule has 1 aromatic heterocycles. The minimum Gasteiger partial charge on any atom is -0.496 e. The normalized spacial score (nSPS) is 19.4. The van der Waals surface area contributed by atoms with E-state index in [-0.39, 0.29) is 29.0 Å². The van der Waals surface area contributed by atoms with Crippen LogP contribution in [0.25, 0.3) is 11.3 Å².